The molecule has 0 aliphatic rings. The van der Waals surface area contributed by atoms with E-state index in [1.165, 1.54) is 12.1 Å². The van der Waals surface area contributed by atoms with Crippen LogP contribution in [0, 0.1) is 5.92 Å². The molecule has 0 saturated carbocycles. The van der Waals surface area contributed by atoms with E-state index >= 15 is 4.39 Å². The van der Waals surface area contributed by atoms with Gasteiger partial charge in [0.2, 0.25) is 0 Å². The largest absolute Gasteiger partial charge is 0.573 e. The maximum Gasteiger partial charge on any atom is 0.573 e. The Balaban J connectivity index is 2.63. The quantitative estimate of drug-likeness (QED) is 0.243. The molecule has 2 rings (SSSR count). The number of carbonyl (C=O) groups is 3. The fourth-order valence-electron chi connectivity index (χ4n) is 4.32. The van der Waals surface area contributed by atoms with Crippen LogP contribution in [0.5, 0.6) is 5.75 Å². The Bertz CT molecular complexity index is 1190. The highest BCUT2D eigenvalue weighted by atomic mass is 19.4. The first-order valence-electron chi connectivity index (χ1n) is 12.7. The maximum absolute atomic E-state index is 15.3. The lowest BCUT2D eigenvalue weighted by atomic mass is 9.73. The van der Waals surface area contributed by atoms with E-state index in [1.54, 1.807) is 51.1 Å². The van der Waals surface area contributed by atoms with Crippen LogP contribution in [0.15, 0.2) is 54.6 Å². The van der Waals surface area contributed by atoms with Crippen LogP contribution in [-0.4, -0.2) is 58.3 Å². The molecule has 0 heterocycles. The molecule has 0 fully saturated rings. The van der Waals surface area contributed by atoms with Gasteiger partial charge >= 0.3 is 24.4 Å². The number of likely N-dealkylation sites (N-methyl/N-ethyl adjacent to an activating group) is 1. The molecule has 2 aromatic carbocycles. The van der Waals surface area contributed by atoms with Crippen LogP contribution in [0.2, 0.25) is 0 Å². The van der Waals surface area contributed by atoms with E-state index < -0.39 is 65.7 Å². The first-order chi connectivity index (χ1) is 18.7. The first kappa shape index (κ1) is 33.4. The molecule has 0 bridgehead atoms. The minimum absolute atomic E-state index is 0.209. The number of carboxylic acid groups (broad SMARTS) is 1. The standard InChI is InChI=1S/C29H35F4NO7/c1-26(2,3)41-25(38)34(6)28(24(36)37,18-27(4,5)30)22(23(35)39-17-20-10-8-7-9-11-20)16-19-12-14-21(15-13-19)40-29(31,32)33/h7-15,22H,16-18H2,1-6H3,(H,36,37)/t22?,28-/m1/s1. The average molecular weight is 586 g/mol. The van der Waals surface area contributed by atoms with Gasteiger partial charge < -0.3 is 19.3 Å². The van der Waals surface area contributed by atoms with Gasteiger partial charge in [-0.25, -0.2) is 14.0 Å². The van der Waals surface area contributed by atoms with Crippen molar-refractivity contribution in [1.29, 1.82) is 0 Å². The number of halogens is 4. The van der Waals surface area contributed by atoms with Crippen molar-refractivity contribution in [2.24, 2.45) is 5.92 Å². The van der Waals surface area contributed by atoms with Gasteiger partial charge in [0, 0.05) is 13.5 Å². The lowest BCUT2D eigenvalue weighted by molar-refractivity contribution is -0.274. The number of carbonyl (C=O) groups excluding carboxylic acids is 2. The molecule has 8 nitrogen and oxygen atoms in total. The van der Waals surface area contributed by atoms with Crippen LogP contribution in [0.3, 0.4) is 0 Å². The first-order valence-corrected chi connectivity index (χ1v) is 12.7. The van der Waals surface area contributed by atoms with E-state index in [2.05, 4.69) is 4.74 Å². The van der Waals surface area contributed by atoms with E-state index in [0.29, 0.717) is 10.5 Å². The number of benzene rings is 2. The summed E-state index contributed by atoms with van der Waals surface area (Å²) < 4.78 is 67.9. The lowest BCUT2D eigenvalue weighted by Gasteiger charge is -2.44. The normalized spacial score (nSPS) is 14.4. The second-order valence-electron chi connectivity index (χ2n) is 11.2. The molecule has 41 heavy (non-hydrogen) atoms. The predicted molar refractivity (Wildman–Crippen MR) is 141 cm³/mol. The Morgan fingerprint density at radius 2 is 1.44 bits per heavy atom. The summed E-state index contributed by atoms with van der Waals surface area (Å²) in [5.41, 5.74) is -5.01. The van der Waals surface area contributed by atoms with Gasteiger partial charge in [0.05, 0.1) is 5.92 Å². The number of aliphatic carboxylic acids is 1. The van der Waals surface area contributed by atoms with E-state index in [1.807, 2.05) is 0 Å². The average Bonchev–Trinajstić information content (AvgIpc) is 2.83. The summed E-state index contributed by atoms with van der Waals surface area (Å²) in [5, 5.41) is 10.6. The summed E-state index contributed by atoms with van der Waals surface area (Å²) in [4.78, 5) is 40.6. The van der Waals surface area contributed by atoms with Gasteiger partial charge in [-0.2, -0.15) is 0 Å². The van der Waals surface area contributed by atoms with E-state index in [9.17, 15) is 32.7 Å². The Hall–Kier alpha value is -3.83. The number of hydrogen-bond donors (Lipinski definition) is 1. The zero-order chi connectivity index (χ0) is 31.2. The summed E-state index contributed by atoms with van der Waals surface area (Å²) in [6.45, 7) is 6.61. The molecule has 2 aromatic rings. The second kappa shape index (κ2) is 12.8. The van der Waals surface area contributed by atoms with Gasteiger partial charge in [-0.3, -0.25) is 9.69 Å². The Kier molecular flexibility index (Phi) is 10.4. The summed E-state index contributed by atoms with van der Waals surface area (Å²) in [5.74, 6) is -5.02. The van der Waals surface area contributed by atoms with E-state index in [4.69, 9.17) is 9.47 Å². The molecule has 1 N–H and O–H groups in total. The van der Waals surface area contributed by atoms with Gasteiger partial charge in [-0.15, -0.1) is 13.2 Å². The molecular formula is C29H35F4NO7. The molecule has 1 unspecified atom stereocenters. The number of carboxylic acids is 1. The van der Waals surface area contributed by atoms with Crippen LogP contribution in [0.1, 0.15) is 52.2 Å². The molecule has 1 amide bonds. The fraction of sp³-hybridized carbons (Fsp3) is 0.483. The van der Waals surface area contributed by atoms with E-state index in [0.717, 1.165) is 33.0 Å². The van der Waals surface area contributed by atoms with Gasteiger partial charge in [0.1, 0.15) is 23.6 Å². The van der Waals surface area contributed by atoms with Crippen molar-refractivity contribution in [1.82, 2.24) is 4.90 Å². The van der Waals surface area contributed by atoms with Gasteiger partial charge in [-0.05, 0) is 64.3 Å². The summed E-state index contributed by atoms with van der Waals surface area (Å²) in [7, 11) is 1.09. The topological polar surface area (TPSA) is 102 Å². The monoisotopic (exact) mass is 585 g/mol. The number of nitrogens with zero attached hydrogens (tertiary/aromatic N) is 1. The molecule has 0 aliphatic heterocycles. The van der Waals surface area contributed by atoms with Crippen LogP contribution in [0.25, 0.3) is 0 Å². The molecule has 226 valence electrons. The van der Waals surface area contributed by atoms with Gasteiger partial charge in [0.15, 0.2) is 5.54 Å². The summed E-state index contributed by atoms with van der Waals surface area (Å²) in [6, 6.07) is 12.9. The maximum atomic E-state index is 15.3. The fourth-order valence-corrected chi connectivity index (χ4v) is 4.32. The Labute approximate surface area is 236 Å². The Morgan fingerprint density at radius 3 is 1.90 bits per heavy atom. The second-order valence-corrected chi connectivity index (χ2v) is 11.2. The third-order valence-electron chi connectivity index (χ3n) is 6.01. The van der Waals surface area contributed by atoms with Crippen molar-refractivity contribution in [3.8, 4) is 5.75 Å². The van der Waals surface area contributed by atoms with Crippen molar-refractivity contribution < 1.29 is 51.3 Å². The van der Waals surface area contributed by atoms with Crippen LogP contribution in [0.4, 0.5) is 22.4 Å². The molecule has 0 saturated heterocycles. The Morgan fingerprint density at radius 1 is 0.878 bits per heavy atom. The number of alkyl halides is 4. The highest BCUT2D eigenvalue weighted by molar-refractivity contribution is 5.91. The minimum Gasteiger partial charge on any atom is -0.479 e. The van der Waals surface area contributed by atoms with Crippen molar-refractivity contribution in [3.63, 3.8) is 0 Å². The molecule has 2 atom stereocenters. The molecule has 0 radical (unpaired) electrons. The van der Waals surface area contributed by atoms with Crippen molar-refractivity contribution in [2.75, 3.05) is 7.05 Å². The number of rotatable bonds is 11. The molecule has 0 aromatic heterocycles. The zero-order valence-corrected chi connectivity index (χ0v) is 23.8. The summed E-state index contributed by atoms with van der Waals surface area (Å²) >= 11 is 0. The van der Waals surface area contributed by atoms with Gasteiger partial charge in [0.25, 0.3) is 0 Å². The zero-order valence-electron chi connectivity index (χ0n) is 23.8. The smallest absolute Gasteiger partial charge is 0.479 e. The van der Waals surface area contributed by atoms with Crippen LogP contribution >= 0.6 is 0 Å². The number of amides is 1. The molecular weight excluding hydrogens is 550 g/mol. The highest BCUT2D eigenvalue weighted by Crippen LogP contribution is 2.39. The molecule has 0 aliphatic carbocycles. The number of esters is 1. The third kappa shape index (κ3) is 9.94. The lowest BCUT2D eigenvalue weighted by Crippen LogP contribution is -2.65. The van der Waals surface area contributed by atoms with Crippen molar-refractivity contribution in [2.45, 2.75) is 77.2 Å². The van der Waals surface area contributed by atoms with Crippen LogP contribution in [-0.2, 0) is 32.1 Å². The van der Waals surface area contributed by atoms with E-state index in [-0.39, 0.29) is 12.2 Å². The predicted octanol–water partition coefficient (Wildman–Crippen LogP) is 6.32. The third-order valence-corrected chi connectivity index (χ3v) is 6.01. The highest BCUT2D eigenvalue weighted by Gasteiger charge is 2.58. The van der Waals surface area contributed by atoms with Crippen molar-refractivity contribution >= 4 is 18.0 Å². The number of ether oxygens (including phenoxy) is 3. The SMILES string of the molecule is CN(C(=O)OC(C)(C)C)[C@@](CC(C)(C)F)(C(=O)O)C(Cc1ccc(OC(F)(F)F)cc1)C(=O)OCc1ccccc1. The minimum atomic E-state index is -4.94. The molecule has 0 spiro atoms. The van der Waals surface area contributed by atoms with Crippen molar-refractivity contribution in [3.05, 3.63) is 65.7 Å². The number of hydrogen-bond acceptors (Lipinski definition) is 6. The van der Waals surface area contributed by atoms with Crippen LogP contribution < -0.4 is 4.74 Å². The summed E-state index contributed by atoms with van der Waals surface area (Å²) in [6.07, 6.45) is -7.34. The van der Waals surface area contributed by atoms with Gasteiger partial charge in [-0.1, -0.05) is 42.5 Å². The molecule has 12 heteroatoms.